The average Bonchev–Trinajstić information content (AvgIpc) is 2.20. The van der Waals surface area contributed by atoms with E-state index in [9.17, 15) is 9.18 Å². The lowest BCUT2D eigenvalue weighted by Crippen LogP contribution is -2.16. The molecule has 0 bridgehead atoms. The third-order valence-corrected chi connectivity index (χ3v) is 1.84. The van der Waals surface area contributed by atoms with Crippen LogP contribution in [-0.2, 0) is 11.4 Å². The molecule has 0 unspecified atom stereocenters. The first-order valence-corrected chi connectivity index (χ1v) is 4.58. The lowest BCUT2D eigenvalue weighted by Gasteiger charge is -2.06. The van der Waals surface area contributed by atoms with Gasteiger partial charge in [0.2, 0.25) is 5.91 Å². The van der Waals surface area contributed by atoms with E-state index in [0.717, 1.165) is 0 Å². The van der Waals surface area contributed by atoms with Crippen LogP contribution in [0.4, 0.5) is 4.39 Å². The van der Waals surface area contributed by atoms with E-state index in [2.05, 4.69) is 5.48 Å². The normalized spacial score (nSPS) is 10.3. The fourth-order valence-corrected chi connectivity index (χ4v) is 1.09. The van der Waals surface area contributed by atoms with Crippen molar-refractivity contribution in [2.24, 2.45) is 5.73 Å². The highest BCUT2D eigenvalue weighted by molar-refractivity contribution is 5.92. The largest absolute Gasteiger partial charge is 0.366 e. The molecule has 0 radical (unpaired) electrons. The molecule has 5 heteroatoms. The van der Waals surface area contributed by atoms with Gasteiger partial charge in [0.15, 0.2) is 0 Å². The quantitative estimate of drug-likeness (QED) is 0.564. The van der Waals surface area contributed by atoms with Gasteiger partial charge in [-0.15, -0.1) is 0 Å². The van der Waals surface area contributed by atoms with E-state index in [1.54, 1.807) is 0 Å². The van der Waals surface area contributed by atoms with Crippen LogP contribution < -0.4 is 11.2 Å². The summed E-state index contributed by atoms with van der Waals surface area (Å²) in [5, 5.41) is 0. The number of amides is 1. The zero-order chi connectivity index (χ0) is 11.3. The second-order valence-electron chi connectivity index (χ2n) is 2.92. The van der Waals surface area contributed by atoms with Gasteiger partial charge < -0.3 is 10.6 Å². The molecule has 0 saturated carbocycles. The number of rotatable bonds is 5. The zero-order valence-corrected chi connectivity index (χ0v) is 8.42. The predicted molar refractivity (Wildman–Crippen MR) is 53.4 cm³/mol. The van der Waals surface area contributed by atoms with Crippen molar-refractivity contribution in [1.29, 1.82) is 0 Å². The van der Waals surface area contributed by atoms with Crippen LogP contribution in [-0.4, -0.2) is 12.5 Å². The molecule has 1 aromatic carbocycles. The van der Waals surface area contributed by atoms with Crippen molar-refractivity contribution < 1.29 is 14.0 Å². The lowest BCUT2D eigenvalue weighted by molar-refractivity contribution is 0.0457. The molecule has 0 heterocycles. The summed E-state index contributed by atoms with van der Waals surface area (Å²) >= 11 is 0. The first kappa shape index (κ1) is 11.6. The molecule has 1 amide bonds. The first-order chi connectivity index (χ1) is 7.15. The van der Waals surface area contributed by atoms with Crippen LogP contribution >= 0.6 is 0 Å². The minimum atomic E-state index is -0.576. The van der Waals surface area contributed by atoms with Gasteiger partial charge in [-0.25, -0.2) is 4.39 Å². The van der Waals surface area contributed by atoms with E-state index in [0.29, 0.717) is 12.2 Å². The summed E-state index contributed by atoms with van der Waals surface area (Å²) in [5.74, 6) is -0.972. The Kier molecular flexibility index (Phi) is 4.20. The number of nitrogens with one attached hydrogen (secondary N) is 1. The molecule has 0 fully saturated rings. The summed E-state index contributed by atoms with van der Waals surface area (Å²) in [6.07, 6.45) is 0. The molecule has 1 rings (SSSR count). The van der Waals surface area contributed by atoms with Gasteiger partial charge in [0.1, 0.15) is 5.82 Å². The maximum Gasteiger partial charge on any atom is 0.248 e. The van der Waals surface area contributed by atoms with Crippen molar-refractivity contribution in [3.8, 4) is 0 Å². The molecule has 0 spiro atoms. The van der Waals surface area contributed by atoms with Gasteiger partial charge >= 0.3 is 0 Å². The molecule has 1 aromatic rings. The first-order valence-electron chi connectivity index (χ1n) is 4.58. The summed E-state index contributed by atoms with van der Waals surface area (Å²) in [7, 11) is 0. The number of hydrogen-bond donors (Lipinski definition) is 2. The summed E-state index contributed by atoms with van der Waals surface area (Å²) in [6.45, 7) is 2.49. The van der Waals surface area contributed by atoms with E-state index < -0.39 is 11.7 Å². The van der Waals surface area contributed by atoms with Crippen molar-refractivity contribution in [2.45, 2.75) is 13.5 Å². The Morgan fingerprint density at radius 3 is 2.93 bits per heavy atom. The number of benzene rings is 1. The van der Waals surface area contributed by atoms with Gasteiger partial charge in [-0.2, -0.15) is 5.48 Å². The van der Waals surface area contributed by atoms with E-state index >= 15 is 0 Å². The lowest BCUT2D eigenvalue weighted by atomic mass is 10.1. The van der Waals surface area contributed by atoms with Gasteiger partial charge in [0.25, 0.3) is 0 Å². The van der Waals surface area contributed by atoms with Crippen LogP contribution in [0.5, 0.6) is 0 Å². The topological polar surface area (TPSA) is 64.3 Å². The Hall–Kier alpha value is -1.46. The molecule has 0 aliphatic heterocycles. The number of hydroxylamine groups is 1. The van der Waals surface area contributed by atoms with Crippen LogP contribution in [0.1, 0.15) is 22.8 Å². The van der Waals surface area contributed by atoms with Crippen LogP contribution in [0.15, 0.2) is 18.2 Å². The highest BCUT2D eigenvalue weighted by Gasteiger charge is 2.06. The summed E-state index contributed by atoms with van der Waals surface area (Å²) in [6, 6.07) is 3.97. The third kappa shape index (κ3) is 3.30. The summed E-state index contributed by atoms with van der Waals surface area (Å²) in [5.41, 5.74) is 8.27. The van der Waals surface area contributed by atoms with Gasteiger partial charge in [0.05, 0.1) is 6.61 Å². The van der Waals surface area contributed by atoms with Crippen molar-refractivity contribution >= 4 is 5.91 Å². The molecule has 0 atom stereocenters. The van der Waals surface area contributed by atoms with Crippen LogP contribution in [0, 0.1) is 5.82 Å². The zero-order valence-electron chi connectivity index (χ0n) is 8.42. The Morgan fingerprint density at radius 1 is 1.60 bits per heavy atom. The Morgan fingerprint density at radius 2 is 2.33 bits per heavy atom. The number of halogens is 1. The minimum absolute atomic E-state index is 0.195. The molecule has 3 N–H and O–H groups in total. The molecule has 15 heavy (non-hydrogen) atoms. The monoisotopic (exact) mass is 212 g/mol. The third-order valence-electron chi connectivity index (χ3n) is 1.84. The number of nitrogens with two attached hydrogens (primary N) is 1. The Labute approximate surface area is 87.2 Å². The highest BCUT2D eigenvalue weighted by Crippen LogP contribution is 2.10. The Bertz CT molecular complexity index is 355. The van der Waals surface area contributed by atoms with E-state index in [1.165, 1.54) is 18.2 Å². The van der Waals surface area contributed by atoms with E-state index in [1.807, 2.05) is 6.92 Å². The smallest absolute Gasteiger partial charge is 0.248 e. The van der Waals surface area contributed by atoms with Crippen LogP contribution in [0.25, 0.3) is 0 Å². The Balaban J connectivity index is 2.76. The highest BCUT2D eigenvalue weighted by atomic mass is 19.1. The predicted octanol–water partition coefficient (Wildman–Crippen LogP) is 0.966. The minimum Gasteiger partial charge on any atom is -0.366 e. The maximum atomic E-state index is 13.2. The number of carbonyl (C=O) groups is 1. The van der Waals surface area contributed by atoms with Gasteiger partial charge in [-0.1, -0.05) is 0 Å². The molecule has 0 aliphatic carbocycles. The van der Waals surface area contributed by atoms with Crippen molar-refractivity contribution in [3.05, 3.63) is 35.1 Å². The fraction of sp³-hybridized carbons (Fsp3) is 0.300. The van der Waals surface area contributed by atoms with Crippen LogP contribution in [0.3, 0.4) is 0 Å². The molecular formula is C10H13FN2O2. The number of primary amides is 1. The fourth-order valence-electron chi connectivity index (χ4n) is 1.09. The molecule has 82 valence electrons. The molecule has 0 aliphatic rings. The molecule has 0 aromatic heterocycles. The second-order valence-corrected chi connectivity index (χ2v) is 2.92. The van der Waals surface area contributed by atoms with Gasteiger partial charge in [-0.3, -0.25) is 4.79 Å². The van der Waals surface area contributed by atoms with E-state index in [-0.39, 0.29) is 12.1 Å². The summed E-state index contributed by atoms with van der Waals surface area (Å²) < 4.78 is 13.2. The van der Waals surface area contributed by atoms with Gasteiger partial charge in [-0.05, 0) is 25.1 Å². The van der Waals surface area contributed by atoms with Gasteiger partial charge in [0, 0.05) is 17.7 Å². The van der Waals surface area contributed by atoms with Crippen LogP contribution in [0.2, 0.25) is 0 Å². The number of hydrogen-bond acceptors (Lipinski definition) is 3. The van der Waals surface area contributed by atoms with Crippen molar-refractivity contribution in [2.75, 3.05) is 6.61 Å². The van der Waals surface area contributed by atoms with Crippen molar-refractivity contribution in [1.82, 2.24) is 5.48 Å². The molecule has 0 saturated heterocycles. The van der Waals surface area contributed by atoms with Crippen molar-refractivity contribution in [3.63, 3.8) is 0 Å². The summed E-state index contributed by atoms with van der Waals surface area (Å²) in [4.78, 5) is 15.7. The molecular weight excluding hydrogens is 199 g/mol. The SMILES string of the molecule is CCONCc1cc(C(N)=O)ccc1F. The maximum absolute atomic E-state index is 13.2. The standard InChI is InChI=1S/C10H13FN2O2/c1-2-15-13-6-8-5-7(10(12)14)3-4-9(8)11/h3-5,13H,2,6H2,1H3,(H2,12,14). The van der Waals surface area contributed by atoms with E-state index in [4.69, 9.17) is 10.6 Å². The average molecular weight is 212 g/mol. The molecule has 4 nitrogen and oxygen atoms in total. The second kappa shape index (κ2) is 5.43. The number of carbonyl (C=O) groups excluding carboxylic acids is 1.